The Morgan fingerprint density at radius 3 is 2.04 bits per heavy atom. The fourth-order valence-corrected chi connectivity index (χ4v) is 4.13. The Bertz CT molecular complexity index is 958. The molecule has 0 amide bonds. The van der Waals surface area contributed by atoms with Gasteiger partial charge < -0.3 is 10.1 Å². The maximum absolute atomic E-state index is 5.24. The van der Waals surface area contributed by atoms with Crippen molar-refractivity contribution in [2.45, 2.75) is 12.6 Å². The molecule has 0 aliphatic heterocycles. The molecule has 0 atom stereocenters. The van der Waals surface area contributed by atoms with Gasteiger partial charge in [-0.1, -0.05) is 60.7 Å². The molecule has 0 unspecified atom stereocenters. The van der Waals surface area contributed by atoms with Gasteiger partial charge in [-0.25, -0.2) is 4.98 Å². The molecule has 0 saturated carbocycles. The summed E-state index contributed by atoms with van der Waals surface area (Å²) < 4.78 is 5.24. The minimum Gasteiger partial charge on any atom is -0.497 e. The predicted molar refractivity (Wildman–Crippen MR) is 114 cm³/mol. The van der Waals surface area contributed by atoms with Gasteiger partial charge >= 0.3 is 0 Å². The Morgan fingerprint density at radius 1 is 0.857 bits per heavy atom. The van der Waals surface area contributed by atoms with Gasteiger partial charge in [0, 0.05) is 22.1 Å². The van der Waals surface area contributed by atoms with Gasteiger partial charge in [0.25, 0.3) is 0 Å². The number of quaternary nitrogens is 1. The molecule has 28 heavy (non-hydrogen) atoms. The molecule has 1 heterocycles. The van der Waals surface area contributed by atoms with Crippen molar-refractivity contribution in [2.75, 3.05) is 7.11 Å². The second-order valence-electron chi connectivity index (χ2n) is 6.61. The van der Waals surface area contributed by atoms with Crippen LogP contribution in [0.1, 0.15) is 22.9 Å². The van der Waals surface area contributed by atoms with Crippen molar-refractivity contribution in [2.24, 2.45) is 0 Å². The highest BCUT2D eigenvalue weighted by molar-refractivity contribution is 7.13. The average molecular weight is 388 g/mol. The molecule has 0 bridgehead atoms. The second-order valence-corrected chi connectivity index (χ2v) is 7.47. The highest BCUT2D eigenvalue weighted by Crippen LogP contribution is 2.25. The normalized spacial score (nSPS) is 10.9. The van der Waals surface area contributed by atoms with E-state index in [-0.39, 0.29) is 6.04 Å². The Balaban J connectivity index is 1.51. The molecule has 1 aromatic heterocycles. The molecule has 4 rings (SSSR count). The summed E-state index contributed by atoms with van der Waals surface area (Å²) in [5.41, 5.74) is 4.84. The summed E-state index contributed by atoms with van der Waals surface area (Å²) in [5.74, 6) is 0.863. The van der Waals surface area contributed by atoms with Crippen molar-refractivity contribution in [3.63, 3.8) is 0 Å². The monoisotopic (exact) mass is 387 g/mol. The fraction of sp³-hybridized carbons (Fsp3) is 0.125. The van der Waals surface area contributed by atoms with E-state index in [1.165, 1.54) is 11.1 Å². The molecule has 0 radical (unpaired) electrons. The average Bonchev–Trinajstić information content (AvgIpc) is 3.24. The van der Waals surface area contributed by atoms with E-state index in [1.54, 1.807) is 18.4 Å². The molecular weight excluding hydrogens is 364 g/mol. The van der Waals surface area contributed by atoms with Crippen LogP contribution >= 0.6 is 11.3 Å². The number of ether oxygens (including phenoxy) is 1. The van der Waals surface area contributed by atoms with Crippen LogP contribution in [0, 0.1) is 0 Å². The van der Waals surface area contributed by atoms with Crippen molar-refractivity contribution >= 4 is 11.3 Å². The summed E-state index contributed by atoms with van der Waals surface area (Å²) in [5, 5.41) is 5.56. The number of rotatable bonds is 7. The highest BCUT2D eigenvalue weighted by atomic mass is 32.1. The zero-order valence-electron chi connectivity index (χ0n) is 15.8. The van der Waals surface area contributed by atoms with Crippen LogP contribution in [0.25, 0.3) is 10.6 Å². The summed E-state index contributed by atoms with van der Waals surface area (Å²) in [7, 11) is 1.68. The summed E-state index contributed by atoms with van der Waals surface area (Å²) >= 11 is 1.69. The number of aromatic nitrogens is 1. The Morgan fingerprint density at radius 2 is 1.46 bits per heavy atom. The third-order valence-electron chi connectivity index (χ3n) is 4.77. The van der Waals surface area contributed by atoms with Gasteiger partial charge in [0.2, 0.25) is 0 Å². The zero-order valence-corrected chi connectivity index (χ0v) is 16.6. The van der Waals surface area contributed by atoms with Gasteiger partial charge in [-0.3, -0.25) is 0 Å². The van der Waals surface area contributed by atoms with Crippen LogP contribution in [-0.4, -0.2) is 12.1 Å². The lowest BCUT2D eigenvalue weighted by atomic mass is 9.99. The SMILES string of the molecule is COc1ccc(-c2nc(C[NH2+]C(c3ccccc3)c3ccccc3)cs2)cc1. The molecule has 3 nitrogen and oxygen atoms in total. The Kier molecular flexibility index (Phi) is 5.80. The van der Waals surface area contributed by atoms with Gasteiger partial charge in [0.05, 0.1) is 7.11 Å². The van der Waals surface area contributed by atoms with Crippen LogP contribution in [0.4, 0.5) is 0 Å². The number of nitrogens with zero attached hydrogens (tertiary/aromatic N) is 1. The Hall–Kier alpha value is -2.95. The van der Waals surface area contributed by atoms with E-state index in [1.807, 2.05) is 12.1 Å². The lowest BCUT2D eigenvalue weighted by Crippen LogP contribution is -2.84. The third kappa shape index (κ3) is 4.30. The first kappa shape index (κ1) is 18.4. The molecule has 0 spiro atoms. The Labute approximate surface area is 169 Å². The molecular formula is C24H23N2OS+. The summed E-state index contributed by atoms with van der Waals surface area (Å²) in [4.78, 5) is 4.84. The number of benzene rings is 3. The van der Waals surface area contributed by atoms with E-state index in [0.717, 1.165) is 28.6 Å². The van der Waals surface area contributed by atoms with E-state index in [9.17, 15) is 0 Å². The lowest BCUT2D eigenvalue weighted by molar-refractivity contribution is -0.702. The highest BCUT2D eigenvalue weighted by Gasteiger charge is 2.17. The van der Waals surface area contributed by atoms with Gasteiger partial charge in [0.1, 0.15) is 29.0 Å². The van der Waals surface area contributed by atoms with E-state index in [0.29, 0.717) is 0 Å². The van der Waals surface area contributed by atoms with Crippen LogP contribution < -0.4 is 10.1 Å². The largest absolute Gasteiger partial charge is 0.497 e. The van der Waals surface area contributed by atoms with Crippen molar-refractivity contribution < 1.29 is 10.1 Å². The quantitative estimate of drug-likeness (QED) is 0.500. The molecule has 0 aliphatic carbocycles. The van der Waals surface area contributed by atoms with E-state index in [2.05, 4.69) is 83.5 Å². The molecule has 0 saturated heterocycles. The smallest absolute Gasteiger partial charge is 0.138 e. The summed E-state index contributed by atoms with van der Waals surface area (Å²) in [6.07, 6.45) is 0. The van der Waals surface area contributed by atoms with Gasteiger partial charge in [-0.2, -0.15) is 0 Å². The topological polar surface area (TPSA) is 38.7 Å². The first-order chi connectivity index (χ1) is 13.8. The first-order valence-corrected chi connectivity index (χ1v) is 10.2. The maximum Gasteiger partial charge on any atom is 0.138 e. The molecule has 4 aromatic rings. The zero-order chi connectivity index (χ0) is 19.2. The van der Waals surface area contributed by atoms with Crippen molar-refractivity contribution in [1.29, 1.82) is 0 Å². The molecule has 140 valence electrons. The van der Waals surface area contributed by atoms with E-state index in [4.69, 9.17) is 9.72 Å². The lowest BCUT2D eigenvalue weighted by Gasteiger charge is -2.16. The number of hydrogen-bond donors (Lipinski definition) is 1. The van der Waals surface area contributed by atoms with Crippen molar-refractivity contribution in [3.8, 4) is 16.3 Å². The van der Waals surface area contributed by atoms with Gasteiger partial charge in [0.15, 0.2) is 0 Å². The van der Waals surface area contributed by atoms with Crippen molar-refractivity contribution in [3.05, 3.63) is 107 Å². The fourth-order valence-electron chi connectivity index (χ4n) is 3.29. The molecule has 4 heteroatoms. The van der Waals surface area contributed by atoms with Crippen LogP contribution in [0.2, 0.25) is 0 Å². The van der Waals surface area contributed by atoms with Gasteiger partial charge in [-0.15, -0.1) is 11.3 Å². The number of thiazole rings is 1. The van der Waals surface area contributed by atoms with Crippen LogP contribution in [0.5, 0.6) is 5.75 Å². The second kappa shape index (κ2) is 8.83. The summed E-state index contributed by atoms with van der Waals surface area (Å²) in [6, 6.07) is 29.6. The number of hydrogen-bond acceptors (Lipinski definition) is 3. The van der Waals surface area contributed by atoms with E-state index < -0.39 is 0 Å². The first-order valence-electron chi connectivity index (χ1n) is 9.35. The number of methoxy groups -OCH3 is 1. The molecule has 3 aromatic carbocycles. The molecule has 0 aliphatic rings. The minimum atomic E-state index is 0.258. The minimum absolute atomic E-state index is 0.258. The van der Waals surface area contributed by atoms with Crippen LogP contribution in [0.15, 0.2) is 90.3 Å². The summed E-state index contributed by atoms with van der Waals surface area (Å²) in [6.45, 7) is 0.834. The maximum atomic E-state index is 5.24. The predicted octanol–water partition coefficient (Wildman–Crippen LogP) is 4.67. The van der Waals surface area contributed by atoms with Crippen LogP contribution in [0.3, 0.4) is 0 Å². The van der Waals surface area contributed by atoms with Crippen molar-refractivity contribution in [1.82, 2.24) is 4.98 Å². The standard InChI is InChI=1S/C24H22N2OS/c1-27-22-14-12-20(13-15-22)24-26-21(17-28-24)16-25-23(18-8-4-2-5-9-18)19-10-6-3-7-11-19/h2-15,17,23,25H,16H2,1H3/p+1. The van der Waals surface area contributed by atoms with Gasteiger partial charge in [-0.05, 0) is 24.3 Å². The molecule has 2 N–H and O–H groups in total. The number of nitrogens with two attached hydrogens (primary N) is 1. The third-order valence-corrected chi connectivity index (χ3v) is 5.71. The van der Waals surface area contributed by atoms with Crippen LogP contribution in [-0.2, 0) is 6.54 Å². The van der Waals surface area contributed by atoms with E-state index >= 15 is 0 Å². The molecule has 0 fully saturated rings.